The van der Waals surface area contributed by atoms with Crippen LogP contribution in [0.5, 0.6) is 0 Å². The lowest BCUT2D eigenvalue weighted by atomic mass is 9.98. The molecular weight excluding hydrogens is 981 g/mol. The first-order valence-electron chi connectivity index (χ1n) is 32.6. The third-order valence-electron chi connectivity index (χ3n) is 16.1. The number of unbranched alkanes of at least 4 members (excludes halogenated alkanes) is 41. The number of ether oxygens (including phenoxy) is 6. The summed E-state index contributed by atoms with van der Waals surface area (Å²) >= 11 is 0. The number of aliphatic hydroxyl groups is 7. The number of hydrogen-bond acceptors (Lipinski definition) is 14. The van der Waals surface area contributed by atoms with Crippen LogP contribution >= 0.6 is 0 Å². The maximum absolute atomic E-state index is 13.1. The van der Waals surface area contributed by atoms with Crippen molar-refractivity contribution in [3.05, 3.63) is 0 Å². The first kappa shape index (κ1) is 72.1. The molecule has 14 nitrogen and oxygen atoms in total. The molecule has 14 heteroatoms. The minimum absolute atomic E-state index is 0.0713. The van der Waals surface area contributed by atoms with Gasteiger partial charge in [0.05, 0.1) is 26.4 Å². The highest BCUT2D eigenvalue weighted by molar-refractivity contribution is 5.69. The van der Waals surface area contributed by atoms with Crippen LogP contribution in [0.25, 0.3) is 0 Å². The Morgan fingerprint density at radius 1 is 0.377 bits per heavy atom. The van der Waals surface area contributed by atoms with Crippen molar-refractivity contribution < 1.29 is 69.0 Å². The molecular formula is C63H122O14. The smallest absolute Gasteiger partial charge is 0.306 e. The third-order valence-corrected chi connectivity index (χ3v) is 16.1. The number of aliphatic hydroxyl groups excluding tert-OH is 7. The number of rotatable bonds is 55. The Kier molecular flexibility index (Phi) is 47.5. The topological polar surface area (TPSA) is 214 Å². The average Bonchev–Trinajstić information content (AvgIpc) is 3.43. The van der Waals surface area contributed by atoms with Gasteiger partial charge in [-0.05, 0) is 12.8 Å². The standard InChI is InChI=1S/C63H122O14/c1-3-5-7-9-11-13-15-17-19-21-22-23-24-25-26-27-28-29-31-33-35-37-39-41-43-45-47-72-49-52(75-55(65)46-44-42-40-38-36-34-32-30-20-18-16-14-12-10-8-6-4-2)50-73-62-61(71)59(69)57(67)54(77-62)51-74-63-60(70)58(68)56(66)53(48-64)76-63/h52-54,56-64,66-71H,3-51H2,1-2H3. The Morgan fingerprint density at radius 2 is 0.688 bits per heavy atom. The van der Waals surface area contributed by atoms with E-state index in [0.29, 0.717) is 6.61 Å². The van der Waals surface area contributed by atoms with E-state index in [1.807, 2.05) is 0 Å². The van der Waals surface area contributed by atoms with Gasteiger partial charge in [-0.3, -0.25) is 4.79 Å². The predicted octanol–water partition coefficient (Wildman–Crippen LogP) is 12.8. The van der Waals surface area contributed by atoms with E-state index >= 15 is 0 Å². The van der Waals surface area contributed by atoms with Gasteiger partial charge < -0.3 is 64.2 Å². The molecule has 11 atom stereocenters. The summed E-state index contributed by atoms with van der Waals surface area (Å²) in [6.07, 6.45) is 40.4. The second-order valence-corrected chi connectivity index (χ2v) is 23.3. The van der Waals surface area contributed by atoms with Crippen LogP contribution in [-0.2, 0) is 33.2 Å². The summed E-state index contributed by atoms with van der Waals surface area (Å²) in [7, 11) is 0. The highest BCUT2D eigenvalue weighted by atomic mass is 16.7. The largest absolute Gasteiger partial charge is 0.457 e. The number of esters is 1. The first-order chi connectivity index (χ1) is 37.6. The van der Waals surface area contributed by atoms with Crippen molar-refractivity contribution in [1.29, 1.82) is 0 Å². The minimum Gasteiger partial charge on any atom is -0.457 e. The molecule has 7 N–H and O–H groups in total. The Hall–Kier alpha value is -1.01. The Balaban J connectivity index is 1.64. The van der Waals surface area contributed by atoms with Crippen LogP contribution in [0.3, 0.4) is 0 Å². The van der Waals surface area contributed by atoms with Gasteiger partial charge in [-0.1, -0.05) is 277 Å². The Labute approximate surface area is 470 Å². The molecule has 0 radical (unpaired) electrons. The van der Waals surface area contributed by atoms with Crippen molar-refractivity contribution in [2.45, 2.75) is 364 Å². The molecule has 0 aromatic carbocycles. The van der Waals surface area contributed by atoms with Crippen LogP contribution in [-0.4, -0.2) is 142 Å². The zero-order chi connectivity index (χ0) is 55.8. The van der Waals surface area contributed by atoms with Gasteiger partial charge in [0, 0.05) is 13.0 Å². The molecule has 0 spiro atoms. The molecule has 0 aromatic heterocycles. The third kappa shape index (κ3) is 36.9. The molecule has 0 saturated carbocycles. The monoisotopic (exact) mass is 1100 g/mol. The van der Waals surface area contributed by atoms with Crippen LogP contribution in [0.1, 0.15) is 296 Å². The second-order valence-electron chi connectivity index (χ2n) is 23.3. The molecule has 2 rings (SSSR count). The summed E-state index contributed by atoms with van der Waals surface area (Å²) in [5, 5.41) is 72.5. The Bertz CT molecular complexity index is 1280. The van der Waals surface area contributed by atoms with E-state index in [2.05, 4.69) is 13.8 Å². The summed E-state index contributed by atoms with van der Waals surface area (Å²) in [5.74, 6) is -0.366. The van der Waals surface area contributed by atoms with Crippen LogP contribution < -0.4 is 0 Å². The molecule has 0 aliphatic carbocycles. The highest BCUT2D eigenvalue weighted by Gasteiger charge is 2.47. The lowest BCUT2D eigenvalue weighted by Gasteiger charge is -2.42. The van der Waals surface area contributed by atoms with Gasteiger partial charge in [0.1, 0.15) is 54.9 Å². The molecule has 0 amide bonds. The Morgan fingerprint density at radius 3 is 1.05 bits per heavy atom. The number of hydrogen-bond donors (Lipinski definition) is 7. The molecule has 2 fully saturated rings. The highest BCUT2D eigenvalue weighted by Crippen LogP contribution is 2.27. The van der Waals surface area contributed by atoms with Crippen LogP contribution in [0.15, 0.2) is 0 Å². The first-order valence-corrected chi connectivity index (χ1v) is 32.6. The van der Waals surface area contributed by atoms with E-state index in [1.165, 1.54) is 231 Å². The van der Waals surface area contributed by atoms with Crippen molar-refractivity contribution >= 4 is 5.97 Å². The normalized spacial score (nSPS) is 24.2. The molecule has 0 bridgehead atoms. The fourth-order valence-electron chi connectivity index (χ4n) is 10.9. The van der Waals surface area contributed by atoms with E-state index in [1.54, 1.807) is 0 Å². The minimum atomic E-state index is -1.70. The SMILES string of the molecule is CCCCCCCCCCCCCCCCCCCCCCCCCCCCOCC(COC1OC(COC2OC(CO)C(O)C(O)C2O)C(O)C(O)C1O)OC(=O)CCCCCCCCCCCCCCCCCCC. The van der Waals surface area contributed by atoms with Crippen molar-refractivity contribution in [3.8, 4) is 0 Å². The van der Waals surface area contributed by atoms with Gasteiger partial charge in [0.15, 0.2) is 12.6 Å². The van der Waals surface area contributed by atoms with Crippen molar-refractivity contribution in [3.63, 3.8) is 0 Å². The zero-order valence-electron chi connectivity index (χ0n) is 49.5. The van der Waals surface area contributed by atoms with Gasteiger partial charge >= 0.3 is 5.97 Å². The predicted molar refractivity (Wildman–Crippen MR) is 308 cm³/mol. The van der Waals surface area contributed by atoms with Crippen molar-refractivity contribution in [2.75, 3.05) is 33.0 Å². The van der Waals surface area contributed by atoms with Crippen LogP contribution in [0.2, 0.25) is 0 Å². The van der Waals surface area contributed by atoms with E-state index in [4.69, 9.17) is 28.4 Å². The average molecular weight is 1100 g/mol. The van der Waals surface area contributed by atoms with Crippen LogP contribution in [0.4, 0.5) is 0 Å². The van der Waals surface area contributed by atoms with E-state index in [9.17, 15) is 40.5 Å². The summed E-state index contributed by atoms with van der Waals surface area (Å²) in [6.45, 7) is 3.78. The van der Waals surface area contributed by atoms with Gasteiger partial charge in [0.25, 0.3) is 0 Å². The van der Waals surface area contributed by atoms with Gasteiger partial charge in [0.2, 0.25) is 0 Å². The number of carbonyl (C=O) groups excluding carboxylic acids is 1. The molecule has 2 heterocycles. The van der Waals surface area contributed by atoms with Gasteiger partial charge in [-0.2, -0.15) is 0 Å². The van der Waals surface area contributed by atoms with Crippen LogP contribution in [0, 0.1) is 0 Å². The maximum atomic E-state index is 13.1. The zero-order valence-corrected chi connectivity index (χ0v) is 49.5. The van der Waals surface area contributed by atoms with Crippen molar-refractivity contribution in [2.24, 2.45) is 0 Å². The lowest BCUT2D eigenvalue weighted by molar-refractivity contribution is -0.332. The molecule has 458 valence electrons. The lowest BCUT2D eigenvalue weighted by Crippen LogP contribution is -2.61. The van der Waals surface area contributed by atoms with Crippen molar-refractivity contribution in [1.82, 2.24) is 0 Å². The van der Waals surface area contributed by atoms with E-state index in [-0.39, 0.29) is 25.6 Å². The number of carbonyl (C=O) groups is 1. The second kappa shape index (κ2) is 50.7. The quantitative estimate of drug-likeness (QED) is 0.0223. The van der Waals surface area contributed by atoms with Gasteiger partial charge in [-0.15, -0.1) is 0 Å². The fourth-order valence-corrected chi connectivity index (χ4v) is 10.9. The molecule has 11 unspecified atom stereocenters. The fraction of sp³-hybridized carbons (Fsp3) is 0.984. The van der Waals surface area contributed by atoms with E-state index < -0.39 is 80.7 Å². The summed E-state index contributed by atoms with van der Waals surface area (Å²) in [5.41, 5.74) is 0. The summed E-state index contributed by atoms with van der Waals surface area (Å²) in [4.78, 5) is 13.1. The van der Waals surface area contributed by atoms with E-state index in [0.717, 1.165) is 44.9 Å². The molecule has 2 saturated heterocycles. The molecule has 2 aliphatic rings. The molecule has 2 aliphatic heterocycles. The molecule has 77 heavy (non-hydrogen) atoms. The summed E-state index contributed by atoms with van der Waals surface area (Å²) < 4.78 is 34.5. The molecule has 0 aromatic rings. The summed E-state index contributed by atoms with van der Waals surface area (Å²) in [6, 6.07) is 0. The maximum Gasteiger partial charge on any atom is 0.306 e. The van der Waals surface area contributed by atoms with Gasteiger partial charge in [-0.25, -0.2) is 0 Å².